The van der Waals surface area contributed by atoms with Crippen molar-refractivity contribution >= 4 is 39.9 Å². The Balaban J connectivity index is 1.47. The van der Waals surface area contributed by atoms with Crippen LogP contribution < -0.4 is 5.32 Å². The van der Waals surface area contributed by atoms with Crippen LogP contribution in [-0.2, 0) is 28.7 Å². The Morgan fingerprint density at radius 2 is 1.46 bits per heavy atom. The molecule has 2 aromatic carbocycles. The van der Waals surface area contributed by atoms with Gasteiger partial charge in [0.05, 0.1) is 5.75 Å². The Morgan fingerprint density at radius 3 is 2.11 bits per heavy atom. The van der Waals surface area contributed by atoms with E-state index >= 15 is 0 Å². The molecule has 1 amide bonds. The number of amides is 1. The van der Waals surface area contributed by atoms with Crippen LogP contribution in [0.3, 0.4) is 0 Å². The average Bonchev–Trinajstić information content (AvgIpc) is 3.13. The van der Waals surface area contributed by atoms with Crippen molar-refractivity contribution in [2.45, 2.75) is 17.9 Å². The third-order valence-corrected chi connectivity index (χ3v) is 5.81. The normalized spacial score (nSPS) is 11.9. The molecule has 0 radical (unpaired) electrons. The van der Waals surface area contributed by atoms with Gasteiger partial charge in [-0.05, 0) is 53.9 Å². The molecule has 1 N–H and O–H groups in total. The van der Waals surface area contributed by atoms with Crippen molar-refractivity contribution in [1.29, 1.82) is 0 Å². The summed E-state index contributed by atoms with van der Waals surface area (Å²) in [5.74, 6) is 1.11. The number of halogens is 2. The molecule has 0 saturated carbocycles. The molecule has 4 nitrogen and oxygen atoms in total. The number of furan rings is 1. The second-order valence-electron chi connectivity index (χ2n) is 6.25. The van der Waals surface area contributed by atoms with E-state index in [0.29, 0.717) is 34.5 Å². The van der Waals surface area contributed by atoms with Crippen LogP contribution >= 0.6 is 23.2 Å². The molecule has 3 rings (SSSR count). The Labute approximate surface area is 176 Å². The molecular formula is C21H19Cl2NO3S. The molecule has 0 bridgehead atoms. The van der Waals surface area contributed by atoms with Gasteiger partial charge in [-0.3, -0.25) is 9.00 Å². The predicted octanol–water partition coefficient (Wildman–Crippen LogP) is 5.01. The van der Waals surface area contributed by atoms with Crippen molar-refractivity contribution in [3.8, 4) is 0 Å². The second-order valence-corrected chi connectivity index (χ2v) is 8.58. The van der Waals surface area contributed by atoms with E-state index in [2.05, 4.69) is 5.32 Å². The fraction of sp³-hybridized carbons (Fsp3) is 0.190. The van der Waals surface area contributed by atoms with Gasteiger partial charge in [0.25, 0.3) is 5.91 Å². The van der Waals surface area contributed by atoms with Gasteiger partial charge in [0, 0.05) is 33.1 Å². The quantitative estimate of drug-likeness (QED) is 0.540. The zero-order chi connectivity index (χ0) is 19.9. The Kier molecular flexibility index (Phi) is 7.31. The summed E-state index contributed by atoms with van der Waals surface area (Å²) in [4.78, 5) is 12.2. The first kappa shape index (κ1) is 20.6. The van der Waals surface area contributed by atoms with Crippen molar-refractivity contribution in [2.24, 2.45) is 0 Å². The lowest BCUT2D eigenvalue weighted by Crippen LogP contribution is -2.25. The minimum Gasteiger partial charge on any atom is -0.455 e. The van der Waals surface area contributed by atoms with Gasteiger partial charge < -0.3 is 9.73 Å². The lowest BCUT2D eigenvalue weighted by Gasteiger charge is -2.04. The lowest BCUT2D eigenvalue weighted by atomic mass is 10.1. The van der Waals surface area contributed by atoms with Crippen LogP contribution in [0.4, 0.5) is 0 Å². The van der Waals surface area contributed by atoms with Crippen LogP contribution in [-0.4, -0.2) is 16.7 Å². The van der Waals surface area contributed by atoms with Gasteiger partial charge in [-0.25, -0.2) is 0 Å². The van der Waals surface area contributed by atoms with E-state index in [4.69, 9.17) is 27.6 Å². The average molecular weight is 436 g/mol. The van der Waals surface area contributed by atoms with Crippen molar-refractivity contribution in [3.63, 3.8) is 0 Å². The molecule has 146 valence electrons. The fourth-order valence-corrected chi connectivity index (χ4v) is 4.00. The van der Waals surface area contributed by atoms with E-state index in [9.17, 15) is 9.00 Å². The number of nitrogens with one attached hydrogen (secondary N) is 1. The number of benzene rings is 2. The first-order chi connectivity index (χ1) is 13.5. The maximum Gasteiger partial charge on any atom is 0.287 e. The van der Waals surface area contributed by atoms with Crippen molar-refractivity contribution in [3.05, 3.63) is 93.4 Å². The largest absolute Gasteiger partial charge is 0.455 e. The molecule has 1 aromatic heterocycles. The fourth-order valence-electron chi connectivity index (χ4n) is 2.61. The SMILES string of the molecule is O=C(NCCc1ccc(Cl)cc1)c1ccc(C[S@](=O)Cc2ccc(Cl)cc2)o1. The number of rotatable bonds is 8. The minimum atomic E-state index is -1.14. The zero-order valence-electron chi connectivity index (χ0n) is 15.0. The molecule has 3 aromatic rings. The van der Waals surface area contributed by atoms with Gasteiger partial charge in [0.2, 0.25) is 0 Å². The van der Waals surface area contributed by atoms with E-state index in [1.165, 1.54) is 0 Å². The van der Waals surface area contributed by atoms with Gasteiger partial charge >= 0.3 is 0 Å². The summed E-state index contributed by atoms with van der Waals surface area (Å²) < 4.78 is 17.9. The number of carbonyl (C=O) groups excluding carboxylic acids is 1. The summed E-state index contributed by atoms with van der Waals surface area (Å²) in [6.45, 7) is 0.485. The topological polar surface area (TPSA) is 59.3 Å². The molecule has 28 heavy (non-hydrogen) atoms. The minimum absolute atomic E-state index is 0.217. The third kappa shape index (κ3) is 6.23. The third-order valence-electron chi connectivity index (χ3n) is 4.04. The van der Waals surface area contributed by atoms with Crippen LogP contribution in [0.25, 0.3) is 0 Å². The maximum atomic E-state index is 12.3. The standard InChI is InChI=1S/C21H19Cl2NO3S/c22-17-5-1-15(2-6-17)11-12-24-21(25)20-10-9-19(27-20)14-28(26)13-16-3-7-18(23)8-4-16/h1-10H,11-14H2,(H,24,25)/t28-/m1/s1. The number of carbonyl (C=O) groups is 1. The lowest BCUT2D eigenvalue weighted by molar-refractivity contribution is 0.0925. The maximum absolute atomic E-state index is 12.3. The van der Waals surface area contributed by atoms with Crippen molar-refractivity contribution in [1.82, 2.24) is 5.32 Å². The highest BCUT2D eigenvalue weighted by Crippen LogP contribution is 2.15. The molecule has 0 spiro atoms. The molecule has 0 saturated heterocycles. The smallest absolute Gasteiger partial charge is 0.287 e. The van der Waals surface area contributed by atoms with E-state index in [1.807, 2.05) is 36.4 Å². The van der Waals surface area contributed by atoms with Crippen LogP contribution in [0.2, 0.25) is 10.0 Å². The highest BCUT2D eigenvalue weighted by atomic mass is 35.5. The molecule has 0 aliphatic rings. The first-order valence-corrected chi connectivity index (χ1v) is 10.9. The summed E-state index contributed by atoms with van der Waals surface area (Å²) in [6, 6.07) is 18.0. The van der Waals surface area contributed by atoms with Gasteiger partial charge in [-0.15, -0.1) is 0 Å². The molecule has 0 aliphatic heterocycles. The van der Waals surface area contributed by atoms with E-state index in [1.54, 1.807) is 24.3 Å². The molecule has 7 heteroatoms. The van der Waals surface area contributed by atoms with Gasteiger partial charge in [0.15, 0.2) is 5.76 Å². The van der Waals surface area contributed by atoms with Crippen LogP contribution in [0.5, 0.6) is 0 Å². The second kappa shape index (κ2) is 9.92. The first-order valence-electron chi connectivity index (χ1n) is 8.70. The summed E-state index contributed by atoms with van der Waals surface area (Å²) >= 11 is 11.7. The van der Waals surface area contributed by atoms with Crippen molar-refractivity contribution in [2.75, 3.05) is 6.54 Å². The van der Waals surface area contributed by atoms with E-state index < -0.39 is 10.8 Å². The summed E-state index contributed by atoms with van der Waals surface area (Å²) in [7, 11) is -1.14. The van der Waals surface area contributed by atoms with E-state index in [-0.39, 0.29) is 17.4 Å². The van der Waals surface area contributed by atoms with Crippen molar-refractivity contribution < 1.29 is 13.4 Å². The van der Waals surface area contributed by atoms with Crippen LogP contribution in [0.15, 0.2) is 65.1 Å². The summed E-state index contributed by atoms with van der Waals surface area (Å²) in [5.41, 5.74) is 2.02. The molecule has 1 atom stereocenters. The predicted molar refractivity (Wildman–Crippen MR) is 113 cm³/mol. The molecule has 0 fully saturated rings. The summed E-state index contributed by atoms with van der Waals surface area (Å²) in [6.07, 6.45) is 0.696. The van der Waals surface area contributed by atoms with Crippen LogP contribution in [0.1, 0.15) is 27.4 Å². The number of hydrogen-bond donors (Lipinski definition) is 1. The summed E-state index contributed by atoms with van der Waals surface area (Å²) in [5, 5.41) is 4.15. The Hall–Kier alpha value is -2.08. The van der Waals surface area contributed by atoms with Crippen LogP contribution in [0, 0.1) is 0 Å². The number of hydrogen-bond acceptors (Lipinski definition) is 3. The highest BCUT2D eigenvalue weighted by Gasteiger charge is 2.13. The van der Waals surface area contributed by atoms with Gasteiger partial charge in [-0.1, -0.05) is 47.5 Å². The molecule has 0 unspecified atom stereocenters. The molecular weight excluding hydrogens is 417 g/mol. The Morgan fingerprint density at radius 1 is 0.857 bits per heavy atom. The highest BCUT2D eigenvalue weighted by molar-refractivity contribution is 7.83. The van der Waals surface area contributed by atoms with E-state index in [0.717, 1.165) is 11.1 Å². The van der Waals surface area contributed by atoms with Gasteiger partial charge in [-0.2, -0.15) is 0 Å². The Bertz CT molecular complexity index is 953. The van der Waals surface area contributed by atoms with Gasteiger partial charge in [0.1, 0.15) is 5.76 Å². The zero-order valence-corrected chi connectivity index (χ0v) is 17.3. The molecule has 0 aliphatic carbocycles. The molecule has 1 heterocycles. The monoisotopic (exact) mass is 435 g/mol.